The monoisotopic (exact) mass is 407 g/mol. The zero-order chi connectivity index (χ0) is 21.0. The minimum Gasteiger partial charge on any atom is -0.441 e. The first-order valence-electron chi connectivity index (χ1n) is 10.6. The van der Waals surface area contributed by atoms with Crippen LogP contribution in [0, 0.1) is 6.92 Å². The highest BCUT2D eigenvalue weighted by molar-refractivity contribution is 5.74. The Kier molecular flexibility index (Phi) is 5.93. The van der Waals surface area contributed by atoms with Gasteiger partial charge in [0.1, 0.15) is 5.60 Å². The summed E-state index contributed by atoms with van der Waals surface area (Å²) < 4.78 is 5.79. The maximum Gasteiger partial charge on any atom is 0.410 e. The van der Waals surface area contributed by atoms with Crippen molar-refractivity contribution in [2.75, 3.05) is 26.2 Å². The van der Waals surface area contributed by atoms with Crippen molar-refractivity contribution in [3.63, 3.8) is 0 Å². The van der Waals surface area contributed by atoms with Gasteiger partial charge in [0, 0.05) is 39.0 Å². The lowest BCUT2D eigenvalue weighted by molar-refractivity contribution is 0.00966. The zero-order valence-corrected chi connectivity index (χ0v) is 17.5. The van der Waals surface area contributed by atoms with Gasteiger partial charge in [0.15, 0.2) is 0 Å². The summed E-state index contributed by atoms with van der Waals surface area (Å²) >= 11 is 0. The van der Waals surface area contributed by atoms with Crippen LogP contribution in [-0.2, 0) is 17.7 Å². The fraction of sp³-hybridized carbons (Fsp3) is 0.417. The molecule has 30 heavy (non-hydrogen) atoms. The first kappa shape index (κ1) is 20.3. The lowest BCUT2D eigenvalue weighted by atomic mass is 9.91. The number of ether oxygens (including phenoxy) is 1. The van der Waals surface area contributed by atoms with Gasteiger partial charge in [-0.2, -0.15) is 0 Å². The Morgan fingerprint density at radius 3 is 2.43 bits per heavy atom. The second kappa shape index (κ2) is 8.78. The molecule has 0 aromatic heterocycles. The van der Waals surface area contributed by atoms with Gasteiger partial charge in [0.25, 0.3) is 0 Å². The predicted octanol–water partition coefficient (Wildman–Crippen LogP) is 3.73. The Labute approximate surface area is 177 Å². The summed E-state index contributed by atoms with van der Waals surface area (Å²) in [6.45, 7) is 5.01. The van der Waals surface area contributed by atoms with Gasteiger partial charge in [-0.25, -0.2) is 9.59 Å². The summed E-state index contributed by atoms with van der Waals surface area (Å²) in [5, 5.41) is 3.00. The standard InChI is InChI=1S/C24H29N3O3/c1-19-7-9-21(10-8-19)17-27-18-24(30-23(27)29)12-15-26(16-13-24)22(28)25-14-11-20-5-3-2-4-6-20/h2-10H,11-18H2,1H3,(H,25,28). The zero-order valence-electron chi connectivity index (χ0n) is 17.5. The number of aryl methyl sites for hydroxylation is 1. The van der Waals surface area contributed by atoms with Crippen molar-refractivity contribution in [3.05, 3.63) is 71.3 Å². The molecule has 2 aliphatic heterocycles. The number of amides is 3. The van der Waals surface area contributed by atoms with Crippen molar-refractivity contribution in [2.45, 2.75) is 38.3 Å². The van der Waals surface area contributed by atoms with Crippen molar-refractivity contribution < 1.29 is 14.3 Å². The number of hydrogen-bond acceptors (Lipinski definition) is 3. The van der Waals surface area contributed by atoms with Crippen LogP contribution in [0.25, 0.3) is 0 Å². The van der Waals surface area contributed by atoms with E-state index >= 15 is 0 Å². The molecule has 2 heterocycles. The number of nitrogens with zero attached hydrogens (tertiary/aromatic N) is 2. The second-order valence-electron chi connectivity index (χ2n) is 8.35. The van der Waals surface area contributed by atoms with E-state index in [0.717, 1.165) is 12.0 Å². The van der Waals surface area contributed by atoms with Crippen LogP contribution in [0.2, 0.25) is 0 Å². The fourth-order valence-corrected chi connectivity index (χ4v) is 4.18. The molecule has 1 N–H and O–H groups in total. The second-order valence-corrected chi connectivity index (χ2v) is 8.35. The lowest BCUT2D eigenvalue weighted by Crippen LogP contribution is -2.51. The summed E-state index contributed by atoms with van der Waals surface area (Å²) in [6, 6.07) is 18.3. The molecule has 2 aromatic rings. The maximum atomic E-state index is 12.5. The SMILES string of the molecule is Cc1ccc(CN2CC3(CCN(C(=O)NCCc4ccccc4)CC3)OC2=O)cc1. The molecule has 6 nitrogen and oxygen atoms in total. The van der Waals surface area contributed by atoms with E-state index in [1.54, 1.807) is 4.90 Å². The molecular weight excluding hydrogens is 378 g/mol. The highest BCUT2D eigenvalue weighted by Crippen LogP contribution is 2.34. The van der Waals surface area contributed by atoms with Crippen LogP contribution in [0.15, 0.2) is 54.6 Å². The minimum atomic E-state index is -0.470. The van der Waals surface area contributed by atoms with Crippen molar-refractivity contribution in [1.82, 2.24) is 15.1 Å². The van der Waals surface area contributed by atoms with Gasteiger partial charge in [0.05, 0.1) is 6.54 Å². The number of likely N-dealkylation sites (tertiary alicyclic amines) is 1. The van der Waals surface area contributed by atoms with Crippen LogP contribution in [0.3, 0.4) is 0 Å². The third kappa shape index (κ3) is 4.75. The van der Waals surface area contributed by atoms with Crippen LogP contribution in [0.4, 0.5) is 9.59 Å². The van der Waals surface area contributed by atoms with E-state index in [1.807, 2.05) is 23.1 Å². The predicted molar refractivity (Wildman–Crippen MR) is 115 cm³/mol. The van der Waals surface area contributed by atoms with Crippen LogP contribution in [0.1, 0.15) is 29.5 Å². The van der Waals surface area contributed by atoms with E-state index in [0.29, 0.717) is 45.6 Å². The summed E-state index contributed by atoms with van der Waals surface area (Å²) in [4.78, 5) is 28.5. The Morgan fingerprint density at radius 1 is 1.03 bits per heavy atom. The molecule has 0 bridgehead atoms. The summed E-state index contributed by atoms with van der Waals surface area (Å²) in [5.74, 6) is 0. The first-order valence-corrected chi connectivity index (χ1v) is 10.6. The largest absolute Gasteiger partial charge is 0.441 e. The van der Waals surface area contributed by atoms with E-state index in [1.165, 1.54) is 11.1 Å². The van der Waals surface area contributed by atoms with E-state index in [4.69, 9.17) is 4.74 Å². The highest BCUT2D eigenvalue weighted by Gasteiger charge is 2.47. The topological polar surface area (TPSA) is 61.9 Å². The maximum absolute atomic E-state index is 12.5. The summed E-state index contributed by atoms with van der Waals surface area (Å²) in [5.41, 5.74) is 3.04. The number of piperidine rings is 1. The number of carbonyl (C=O) groups excluding carboxylic acids is 2. The molecule has 2 saturated heterocycles. The van der Waals surface area contributed by atoms with Crippen LogP contribution >= 0.6 is 0 Å². The minimum absolute atomic E-state index is 0.0402. The van der Waals surface area contributed by atoms with Crippen molar-refractivity contribution in [3.8, 4) is 0 Å². The smallest absolute Gasteiger partial charge is 0.410 e. The van der Waals surface area contributed by atoms with Gasteiger partial charge < -0.3 is 15.0 Å². The van der Waals surface area contributed by atoms with Crippen LogP contribution in [-0.4, -0.2) is 53.7 Å². The molecule has 0 aliphatic carbocycles. The molecule has 0 radical (unpaired) electrons. The quantitative estimate of drug-likeness (QED) is 0.821. The van der Waals surface area contributed by atoms with Crippen molar-refractivity contribution >= 4 is 12.1 Å². The van der Waals surface area contributed by atoms with E-state index in [-0.39, 0.29) is 12.1 Å². The molecule has 2 aromatic carbocycles. The van der Waals surface area contributed by atoms with Crippen LogP contribution < -0.4 is 5.32 Å². The number of benzene rings is 2. The lowest BCUT2D eigenvalue weighted by Gasteiger charge is -2.37. The van der Waals surface area contributed by atoms with Gasteiger partial charge in [-0.15, -0.1) is 0 Å². The van der Waals surface area contributed by atoms with E-state index in [9.17, 15) is 9.59 Å². The molecule has 1 spiro atoms. The Bertz CT molecular complexity index is 874. The molecule has 0 atom stereocenters. The molecule has 0 unspecified atom stereocenters. The van der Waals surface area contributed by atoms with Gasteiger partial charge in [-0.3, -0.25) is 4.90 Å². The van der Waals surface area contributed by atoms with E-state index in [2.05, 4.69) is 48.6 Å². The summed E-state index contributed by atoms with van der Waals surface area (Å²) in [6.07, 6.45) is 1.91. The Balaban J connectivity index is 1.24. The van der Waals surface area contributed by atoms with Gasteiger partial charge in [-0.05, 0) is 24.5 Å². The molecule has 4 rings (SSSR count). The van der Waals surface area contributed by atoms with Gasteiger partial charge >= 0.3 is 12.1 Å². The molecular formula is C24H29N3O3. The van der Waals surface area contributed by atoms with Crippen molar-refractivity contribution in [2.24, 2.45) is 0 Å². The fourth-order valence-electron chi connectivity index (χ4n) is 4.18. The van der Waals surface area contributed by atoms with Gasteiger partial charge in [0.2, 0.25) is 0 Å². The Hall–Kier alpha value is -3.02. The summed E-state index contributed by atoms with van der Waals surface area (Å²) in [7, 11) is 0. The average Bonchev–Trinajstić information content (AvgIpc) is 3.05. The molecule has 2 fully saturated rings. The molecule has 158 valence electrons. The third-order valence-electron chi connectivity index (χ3n) is 6.03. The molecule has 2 aliphatic rings. The molecule has 3 amide bonds. The average molecular weight is 408 g/mol. The number of rotatable bonds is 5. The highest BCUT2D eigenvalue weighted by atomic mass is 16.6. The number of carbonyl (C=O) groups is 2. The number of hydrogen-bond donors (Lipinski definition) is 1. The van der Waals surface area contributed by atoms with Crippen LogP contribution in [0.5, 0.6) is 0 Å². The number of nitrogens with one attached hydrogen (secondary N) is 1. The normalized spacial score (nSPS) is 17.8. The first-order chi connectivity index (χ1) is 14.5. The Morgan fingerprint density at radius 2 is 1.73 bits per heavy atom. The number of urea groups is 1. The third-order valence-corrected chi connectivity index (χ3v) is 6.03. The molecule has 6 heteroatoms. The van der Waals surface area contributed by atoms with Crippen molar-refractivity contribution in [1.29, 1.82) is 0 Å². The van der Waals surface area contributed by atoms with E-state index < -0.39 is 5.60 Å². The molecule has 0 saturated carbocycles. The van der Waals surface area contributed by atoms with Gasteiger partial charge in [-0.1, -0.05) is 60.2 Å².